The van der Waals surface area contributed by atoms with E-state index in [0.29, 0.717) is 0 Å². The van der Waals surface area contributed by atoms with Gasteiger partial charge in [-0.1, -0.05) is 22.9 Å². The van der Waals surface area contributed by atoms with E-state index in [0.717, 1.165) is 33.9 Å². The van der Waals surface area contributed by atoms with Crippen LogP contribution in [0, 0.1) is 6.92 Å². The van der Waals surface area contributed by atoms with Gasteiger partial charge in [-0.25, -0.2) is 0 Å². The van der Waals surface area contributed by atoms with Gasteiger partial charge in [0.05, 0.1) is 0 Å². The number of aryl methyl sites for hydroxylation is 2. The Hall–Kier alpha value is -0.630. The minimum Gasteiger partial charge on any atom is -0.298 e. The molecule has 0 amide bonds. The Morgan fingerprint density at radius 3 is 2.67 bits per heavy atom. The Labute approximate surface area is 80.9 Å². The van der Waals surface area contributed by atoms with Gasteiger partial charge in [0, 0.05) is 10.0 Å². The zero-order valence-corrected chi connectivity index (χ0v) is 8.81. The molecule has 0 heterocycles. The van der Waals surface area contributed by atoms with Crippen LogP contribution in [0.4, 0.5) is 0 Å². The number of carbonyl (C=O) groups excluding carboxylic acids is 1. The monoisotopic (exact) mass is 226 g/mol. The Balaban J connectivity index is 3.33. The Bertz CT molecular complexity index is 305. The molecule has 1 nitrogen and oxygen atoms in total. The van der Waals surface area contributed by atoms with E-state index in [-0.39, 0.29) is 0 Å². The fraction of sp³-hybridized carbons (Fsp3) is 0.300. The maximum atomic E-state index is 10.7. The lowest BCUT2D eigenvalue weighted by Gasteiger charge is -2.05. The van der Waals surface area contributed by atoms with Gasteiger partial charge in [0.25, 0.3) is 0 Å². The van der Waals surface area contributed by atoms with Gasteiger partial charge in [0.2, 0.25) is 0 Å². The highest BCUT2D eigenvalue weighted by atomic mass is 79.9. The van der Waals surface area contributed by atoms with Crippen LogP contribution in [0.5, 0.6) is 0 Å². The van der Waals surface area contributed by atoms with Crippen molar-refractivity contribution in [2.45, 2.75) is 20.3 Å². The average Bonchev–Trinajstić information content (AvgIpc) is 2.03. The molecule has 0 fully saturated rings. The van der Waals surface area contributed by atoms with E-state index in [2.05, 4.69) is 15.9 Å². The van der Waals surface area contributed by atoms with Crippen LogP contribution in [-0.2, 0) is 6.42 Å². The van der Waals surface area contributed by atoms with E-state index in [4.69, 9.17) is 0 Å². The van der Waals surface area contributed by atoms with Crippen molar-refractivity contribution in [3.05, 3.63) is 33.3 Å². The van der Waals surface area contributed by atoms with Crippen LogP contribution < -0.4 is 0 Å². The molecule has 0 radical (unpaired) electrons. The summed E-state index contributed by atoms with van der Waals surface area (Å²) in [6.45, 7) is 4.00. The first-order chi connectivity index (χ1) is 5.69. The van der Waals surface area contributed by atoms with Crippen LogP contribution in [0.15, 0.2) is 16.6 Å². The van der Waals surface area contributed by atoms with Crippen molar-refractivity contribution in [2.24, 2.45) is 0 Å². The highest BCUT2D eigenvalue weighted by molar-refractivity contribution is 9.10. The topological polar surface area (TPSA) is 17.1 Å². The second kappa shape index (κ2) is 3.85. The summed E-state index contributed by atoms with van der Waals surface area (Å²) in [5.41, 5.74) is 2.98. The summed E-state index contributed by atoms with van der Waals surface area (Å²) >= 11 is 3.40. The molecule has 1 rings (SSSR count). The van der Waals surface area contributed by atoms with Gasteiger partial charge >= 0.3 is 0 Å². The average molecular weight is 227 g/mol. The van der Waals surface area contributed by atoms with Crippen molar-refractivity contribution in [3.8, 4) is 0 Å². The van der Waals surface area contributed by atoms with Crippen molar-refractivity contribution in [1.82, 2.24) is 0 Å². The Morgan fingerprint density at radius 2 is 2.17 bits per heavy atom. The van der Waals surface area contributed by atoms with Crippen LogP contribution in [0.1, 0.15) is 28.4 Å². The number of benzene rings is 1. The number of hydrogen-bond acceptors (Lipinski definition) is 1. The molecule has 0 saturated heterocycles. The third kappa shape index (κ3) is 1.75. The predicted octanol–water partition coefficient (Wildman–Crippen LogP) is 3.13. The molecule has 2 heteroatoms. The third-order valence-electron chi connectivity index (χ3n) is 1.94. The van der Waals surface area contributed by atoms with Crippen LogP contribution >= 0.6 is 15.9 Å². The highest BCUT2D eigenvalue weighted by Crippen LogP contribution is 2.20. The van der Waals surface area contributed by atoms with E-state index >= 15 is 0 Å². The van der Waals surface area contributed by atoms with Gasteiger partial charge in [0.15, 0.2) is 6.29 Å². The molecule has 0 unspecified atom stereocenters. The number of halogens is 1. The molecule has 0 atom stereocenters. The summed E-state index contributed by atoms with van der Waals surface area (Å²) < 4.78 is 1.04. The molecular weight excluding hydrogens is 216 g/mol. The van der Waals surface area contributed by atoms with Crippen molar-refractivity contribution in [1.29, 1.82) is 0 Å². The highest BCUT2D eigenvalue weighted by Gasteiger charge is 2.04. The molecule has 0 aliphatic heterocycles. The lowest BCUT2D eigenvalue weighted by Crippen LogP contribution is -1.94. The first-order valence-electron chi connectivity index (χ1n) is 3.93. The third-order valence-corrected chi connectivity index (χ3v) is 2.39. The molecule has 1 aromatic carbocycles. The number of carbonyl (C=O) groups is 1. The number of rotatable bonds is 2. The molecule has 0 saturated carbocycles. The van der Waals surface area contributed by atoms with Crippen molar-refractivity contribution < 1.29 is 4.79 Å². The maximum absolute atomic E-state index is 10.7. The molecule has 64 valence electrons. The lowest BCUT2D eigenvalue weighted by molar-refractivity contribution is 0.112. The number of aldehydes is 1. The number of hydrogen-bond donors (Lipinski definition) is 0. The lowest BCUT2D eigenvalue weighted by atomic mass is 10.0. The molecular formula is C10H11BrO. The van der Waals surface area contributed by atoms with E-state index in [1.165, 1.54) is 0 Å². The standard InChI is InChI=1S/C10H11BrO/c1-3-8-5-9(11)4-7(2)10(8)6-12/h4-6H,3H2,1-2H3. The molecule has 0 aromatic heterocycles. The fourth-order valence-corrected chi connectivity index (χ4v) is 1.90. The largest absolute Gasteiger partial charge is 0.298 e. The predicted molar refractivity (Wildman–Crippen MR) is 53.6 cm³/mol. The minimum absolute atomic E-state index is 0.834. The normalized spacial score (nSPS) is 9.92. The second-order valence-corrected chi connectivity index (χ2v) is 3.68. The van der Waals surface area contributed by atoms with E-state index < -0.39 is 0 Å². The summed E-state index contributed by atoms with van der Waals surface area (Å²) in [5, 5.41) is 0. The van der Waals surface area contributed by atoms with Gasteiger partial charge in [-0.3, -0.25) is 4.79 Å². The molecule has 0 spiro atoms. The molecule has 0 aliphatic carbocycles. The van der Waals surface area contributed by atoms with Crippen molar-refractivity contribution >= 4 is 22.2 Å². The Morgan fingerprint density at radius 1 is 1.50 bits per heavy atom. The molecule has 0 bridgehead atoms. The summed E-state index contributed by atoms with van der Waals surface area (Å²) in [4.78, 5) is 10.7. The van der Waals surface area contributed by atoms with Crippen molar-refractivity contribution in [2.75, 3.05) is 0 Å². The van der Waals surface area contributed by atoms with Crippen LogP contribution in [0.3, 0.4) is 0 Å². The quantitative estimate of drug-likeness (QED) is 0.709. The Kier molecular flexibility index (Phi) is 3.04. The van der Waals surface area contributed by atoms with E-state index in [1.54, 1.807) is 0 Å². The molecule has 0 aliphatic rings. The zero-order chi connectivity index (χ0) is 9.14. The smallest absolute Gasteiger partial charge is 0.150 e. The summed E-state index contributed by atoms with van der Waals surface area (Å²) in [7, 11) is 0. The van der Waals surface area contributed by atoms with Gasteiger partial charge in [-0.05, 0) is 36.6 Å². The molecule has 1 aromatic rings. The van der Waals surface area contributed by atoms with Crippen LogP contribution in [0.25, 0.3) is 0 Å². The minimum atomic E-state index is 0.834. The molecule has 0 N–H and O–H groups in total. The first kappa shape index (κ1) is 9.46. The van der Waals surface area contributed by atoms with Gasteiger partial charge in [0.1, 0.15) is 0 Å². The summed E-state index contributed by atoms with van der Waals surface area (Å²) in [5.74, 6) is 0. The zero-order valence-electron chi connectivity index (χ0n) is 7.23. The summed E-state index contributed by atoms with van der Waals surface area (Å²) in [6.07, 6.45) is 1.83. The second-order valence-electron chi connectivity index (χ2n) is 2.77. The van der Waals surface area contributed by atoms with Gasteiger partial charge in [-0.15, -0.1) is 0 Å². The first-order valence-corrected chi connectivity index (χ1v) is 4.72. The van der Waals surface area contributed by atoms with Crippen molar-refractivity contribution in [3.63, 3.8) is 0 Å². The van der Waals surface area contributed by atoms with E-state index in [1.807, 2.05) is 26.0 Å². The van der Waals surface area contributed by atoms with Crippen LogP contribution in [-0.4, -0.2) is 6.29 Å². The van der Waals surface area contributed by atoms with Gasteiger partial charge < -0.3 is 0 Å². The SMILES string of the molecule is CCc1cc(Br)cc(C)c1C=O. The summed E-state index contributed by atoms with van der Waals surface area (Å²) in [6, 6.07) is 3.96. The van der Waals surface area contributed by atoms with Crippen LogP contribution in [0.2, 0.25) is 0 Å². The van der Waals surface area contributed by atoms with Gasteiger partial charge in [-0.2, -0.15) is 0 Å². The molecule has 12 heavy (non-hydrogen) atoms. The van der Waals surface area contributed by atoms with E-state index in [9.17, 15) is 4.79 Å². The maximum Gasteiger partial charge on any atom is 0.150 e. The fourth-order valence-electron chi connectivity index (χ4n) is 1.28.